The summed E-state index contributed by atoms with van der Waals surface area (Å²) in [5, 5.41) is 0. The molecule has 2 heterocycles. The quantitative estimate of drug-likeness (QED) is 0.722. The van der Waals surface area contributed by atoms with Crippen molar-refractivity contribution in [1.82, 2.24) is 9.97 Å². The summed E-state index contributed by atoms with van der Waals surface area (Å²) in [7, 11) is 0. The van der Waals surface area contributed by atoms with Crippen LogP contribution in [0, 0.1) is 11.3 Å². The summed E-state index contributed by atoms with van der Waals surface area (Å²) in [6.07, 6.45) is -3.40. The van der Waals surface area contributed by atoms with Crippen molar-refractivity contribution in [3.05, 3.63) is 47.3 Å². The molecule has 27 heavy (non-hydrogen) atoms. The number of nitrogens with zero attached hydrogens (tertiary/aromatic N) is 2. The summed E-state index contributed by atoms with van der Waals surface area (Å²) in [6.45, 7) is 8.31. The van der Waals surface area contributed by atoms with Crippen molar-refractivity contribution in [2.45, 2.75) is 33.9 Å². The molecule has 2 aromatic rings. The van der Waals surface area contributed by atoms with E-state index < -0.39 is 23.2 Å². The summed E-state index contributed by atoms with van der Waals surface area (Å²) < 4.78 is 45.6. The fourth-order valence-electron chi connectivity index (χ4n) is 2.12. The zero-order valence-corrected chi connectivity index (χ0v) is 15.6. The molecule has 5 nitrogen and oxygen atoms in total. The highest BCUT2D eigenvalue weighted by atomic mass is 19.4. The molecule has 2 rings (SSSR count). The van der Waals surface area contributed by atoms with Crippen LogP contribution >= 0.6 is 0 Å². The van der Waals surface area contributed by atoms with E-state index in [2.05, 4.69) is 9.97 Å². The lowest BCUT2D eigenvalue weighted by Crippen LogP contribution is -2.24. The number of nitrogen functional groups attached to an aromatic ring is 1. The molecule has 0 bridgehead atoms. The Hall–Kier alpha value is -2.64. The third kappa shape index (κ3) is 4.96. The first kappa shape index (κ1) is 20.7. The zero-order valence-electron chi connectivity index (χ0n) is 15.6. The van der Waals surface area contributed by atoms with E-state index in [1.807, 2.05) is 27.7 Å². The number of hydrogen-bond donors (Lipinski definition) is 1. The Labute approximate surface area is 160 Å². The molecule has 0 aliphatic rings. The van der Waals surface area contributed by atoms with E-state index in [1.54, 1.807) is 0 Å². The van der Waals surface area contributed by atoms with Gasteiger partial charge in [0.05, 0.1) is 17.7 Å². The van der Waals surface area contributed by atoms with Gasteiger partial charge in [0.15, 0.2) is 0 Å². The van der Waals surface area contributed by atoms with Gasteiger partial charge in [-0.1, -0.05) is 27.7 Å². The summed E-state index contributed by atoms with van der Waals surface area (Å²) in [5.41, 5.74) is 3.53. The van der Waals surface area contributed by atoms with Crippen molar-refractivity contribution >= 4 is 11.6 Å². The SMILES string of the molecule is C[C@H](COc1ccc(C(F)(F)F)c(C(=O)c2cccnc2N)n1)C(C)(C)C.[HH].[HH].[HH]. The van der Waals surface area contributed by atoms with Gasteiger partial charge in [0.2, 0.25) is 11.7 Å². The van der Waals surface area contributed by atoms with Crippen LogP contribution in [0.5, 0.6) is 5.88 Å². The number of alkyl halides is 3. The van der Waals surface area contributed by atoms with Crippen LogP contribution in [-0.4, -0.2) is 22.4 Å². The van der Waals surface area contributed by atoms with Gasteiger partial charge in [0.1, 0.15) is 11.5 Å². The number of hydrogen-bond acceptors (Lipinski definition) is 5. The first-order valence-corrected chi connectivity index (χ1v) is 8.37. The molecule has 0 spiro atoms. The van der Waals surface area contributed by atoms with E-state index >= 15 is 0 Å². The van der Waals surface area contributed by atoms with Crippen LogP contribution in [0.1, 0.15) is 53.6 Å². The average molecular weight is 387 g/mol. The Balaban J connectivity index is 0. The molecule has 0 aromatic carbocycles. The Kier molecular flexibility index (Phi) is 5.77. The lowest BCUT2D eigenvalue weighted by atomic mass is 9.83. The minimum atomic E-state index is -4.74. The van der Waals surface area contributed by atoms with Crippen molar-refractivity contribution in [2.24, 2.45) is 11.3 Å². The Morgan fingerprint density at radius 3 is 2.48 bits per heavy atom. The number of pyridine rings is 2. The van der Waals surface area contributed by atoms with Crippen LogP contribution in [-0.2, 0) is 6.18 Å². The minimum Gasteiger partial charge on any atom is -0.477 e. The van der Waals surface area contributed by atoms with Crippen LogP contribution in [0.4, 0.5) is 19.0 Å². The second kappa shape index (κ2) is 7.54. The predicted molar refractivity (Wildman–Crippen MR) is 102 cm³/mol. The Bertz CT molecular complexity index is 844. The molecule has 2 aromatic heterocycles. The number of rotatable bonds is 5. The summed E-state index contributed by atoms with van der Waals surface area (Å²) in [5.74, 6) is -1.05. The van der Waals surface area contributed by atoms with Gasteiger partial charge in [-0.15, -0.1) is 0 Å². The van der Waals surface area contributed by atoms with Gasteiger partial charge < -0.3 is 10.5 Å². The monoisotopic (exact) mass is 387 g/mol. The first-order chi connectivity index (χ1) is 12.4. The van der Waals surface area contributed by atoms with Crippen LogP contribution in [0.2, 0.25) is 0 Å². The molecule has 0 saturated carbocycles. The van der Waals surface area contributed by atoms with E-state index in [-0.39, 0.29) is 39.5 Å². The number of carbonyl (C=O) groups excluding carboxylic acids is 1. The lowest BCUT2D eigenvalue weighted by molar-refractivity contribution is -0.138. The molecule has 0 unspecified atom stereocenters. The number of ketones is 1. The van der Waals surface area contributed by atoms with Gasteiger partial charge in [-0.2, -0.15) is 13.2 Å². The highest BCUT2D eigenvalue weighted by Crippen LogP contribution is 2.34. The number of anilines is 1. The maximum atomic E-state index is 13.3. The number of aromatic nitrogens is 2. The largest absolute Gasteiger partial charge is 0.477 e. The summed E-state index contributed by atoms with van der Waals surface area (Å²) >= 11 is 0. The molecule has 0 amide bonds. The molecule has 0 radical (unpaired) electrons. The molecule has 1 atom stereocenters. The summed E-state index contributed by atoms with van der Waals surface area (Å²) in [6, 6.07) is 4.63. The topological polar surface area (TPSA) is 78.1 Å². The van der Waals surface area contributed by atoms with Crippen molar-refractivity contribution in [1.29, 1.82) is 0 Å². The van der Waals surface area contributed by atoms with E-state index in [0.29, 0.717) is 0 Å². The van der Waals surface area contributed by atoms with Crippen molar-refractivity contribution in [2.75, 3.05) is 12.3 Å². The van der Waals surface area contributed by atoms with E-state index in [1.165, 1.54) is 18.3 Å². The third-order valence-electron chi connectivity index (χ3n) is 4.43. The van der Waals surface area contributed by atoms with Gasteiger partial charge in [0, 0.05) is 16.5 Å². The van der Waals surface area contributed by atoms with E-state index in [4.69, 9.17) is 10.5 Å². The van der Waals surface area contributed by atoms with Crippen LogP contribution < -0.4 is 10.5 Å². The van der Waals surface area contributed by atoms with Crippen molar-refractivity contribution in [3.63, 3.8) is 0 Å². The normalized spacial score (nSPS) is 13.3. The van der Waals surface area contributed by atoms with Gasteiger partial charge >= 0.3 is 6.18 Å². The minimum absolute atomic E-state index is 0. The van der Waals surface area contributed by atoms with Crippen molar-refractivity contribution in [3.8, 4) is 5.88 Å². The number of halogens is 3. The maximum Gasteiger partial charge on any atom is 0.418 e. The molecule has 2 N–H and O–H groups in total. The average Bonchev–Trinajstić information content (AvgIpc) is 2.57. The van der Waals surface area contributed by atoms with Crippen LogP contribution in [0.3, 0.4) is 0 Å². The fraction of sp³-hybridized carbons (Fsp3) is 0.421. The first-order valence-electron chi connectivity index (χ1n) is 8.37. The smallest absolute Gasteiger partial charge is 0.418 e. The highest BCUT2D eigenvalue weighted by Gasteiger charge is 2.37. The zero-order chi connectivity index (χ0) is 20.4. The standard InChI is InChI=1S/C19H22F3N3O2.3H2/c1-11(18(2,3)4)10-27-14-8-7-13(19(20,21)22)15(25-14)16(26)12-6-5-9-24-17(12)23;;;/h5-9,11H,10H2,1-4H3,(H2,23,24);3*1H/t11-;;;/m1.../s1. The molecule has 0 fully saturated rings. The molecule has 0 saturated heterocycles. The molecule has 0 aliphatic heterocycles. The fourth-order valence-corrected chi connectivity index (χ4v) is 2.12. The maximum absolute atomic E-state index is 13.3. The van der Waals surface area contributed by atoms with Gasteiger partial charge in [-0.05, 0) is 29.5 Å². The Morgan fingerprint density at radius 1 is 1.26 bits per heavy atom. The second-order valence-electron chi connectivity index (χ2n) is 7.39. The number of carbonyl (C=O) groups is 1. The van der Waals surface area contributed by atoms with Crippen LogP contribution in [0.15, 0.2) is 30.5 Å². The van der Waals surface area contributed by atoms with E-state index in [9.17, 15) is 18.0 Å². The molecular formula is C19H28F3N3O2. The van der Waals surface area contributed by atoms with Gasteiger partial charge in [-0.25, -0.2) is 9.97 Å². The molecule has 8 heteroatoms. The number of nitrogens with two attached hydrogens (primary N) is 1. The van der Waals surface area contributed by atoms with Gasteiger partial charge in [0.25, 0.3) is 0 Å². The predicted octanol–water partition coefficient (Wildman–Crippen LogP) is 5.11. The molecule has 152 valence electrons. The van der Waals surface area contributed by atoms with Crippen molar-refractivity contribution < 1.29 is 27.0 Å². The summed E-state index contributed by atoms with van der Waals surface area (Å²) in [4.78, 5) is 20.2. The van der Waals surface area contributed by atoms with E-state index in [0.717, 1.165) is 12.1 Å². The molecule has 0 aliphatic carbocycles. The van der Waals surface area contributed by atoms with Gasteiger partial charge in [-0.3, -0.25) is 4.79 Å². The van der Waals surface area contributed by atoms with Crippen LogP contribution in [0.25, 0.3) is 0 Å². The number of ether oxygens (including phenoxy) is 1. The lowest BCUT2D eigenvalue weighted by Gasteiger charge is -2.26. The second-order valence-corrected chi connectivity index (χ2v) is 7.39. The highest BCUT2D eigenvalue weighted by molar-refractivity contribution is 6.11. The Morgan fingerprint density at radius 2 is 1.93 bits per heavy atom. The molecular weight excluding hydrogens is 359 g/mol. The third-order valence-corrected chi connectivity index (χ3v) is 4.43.